The molecular formula is C17H15FN2O. The molecule has 3 aromatic rings. The second kappa shape index (κ2) is 5.79. The molecule has 106 valence electrons. The van der Waals surface area contributed by atoms with Gasteiger partial charge in [0.15, 0.2) is 0 Å². The van der Waals surface area contributed by atoms with Gasteiger partial charge in [-0.25, -0.2) is 9.37 Å². The summed E-state index contributed by atoms with van der Waals surface area (Å²) < 4.78 is 18.8. The first kappa shape index (κ1) is 13.4. The number of benzene rings is 2. The topological polar surface area (TPSA) is 34.2 Å². The van der Waals surface area contributed by atoms with Crippen molar-refractivity contribution < 1.29 is 9.13 Å². The number of ether oxygens (including phenoxy) is 1. The van der Waals surface area contributed by atoms with Crippen LogP contribution in [-0.4, -0.2) is 12.0 Å². The van der Waals surface area contributed by atoms with Crippen LogP contribution in [-0.2, 0) is 6.61 Å². The average molecular weight is 282 g/mol. The van der Waals surface area contributed by atoms with Crippen LogP contribution >= 0.6 is 0 Å². The molecule has 2 aromatic carbocycles. The van der Waals surface area contributed by atoms with Gasteiger partial charge in [0.05, 0.1) is 5.52 Å². The van der Waals surface area contributed by atoms with E-state index in [-0.39, 0.29) is 5.82 Å². The smallest absolute Gasteiger partial charge is 0.133 e. The van der Waals surface area contributed by atoms with Crippen LogP contribution in [0.5, 0.6) is 5.75 Å². The van der Waals surface area contributed by atoms with Crippen molar-refractivity contribution in [1.29, 1.82) is 0 Å². The van der Waals surface area contributed by atoms with Gasteiger partial charge in [-0.3, -0.25) is 0 Å². The molecule has 21 heavy (non-hydrogen) atoms. The Kier molecular flexibility index (Phi) is 3.69. The molecule has 4 heteroatoms. The maximum Gasteiger partial charge on any atom is 0.133 e. The van der Waals surface area contributed by atoms with E-state index in [9.17, 15) is 4.39 Å². The second-order valence-corrected chi connectivity index (χ2v) is 4.68. The van der Waals surface area contributed by atoms with Crippen LogP contribution in [0.15, 0.2) is 54.6 Å². The average Bonchev–Trinajstić information content (AvgIpc) is 2.52. The fraction of sp³-hybridized carbons (Fsp3) is 0.118. The number of hydrogen-bond donors (Lipinski definition) is 1. The maximum absolute atomic E-state index is 13.1. The number of nitrogens with zero attached hydrogens (tertiary/aromatic N) is 1. The van der Waals surface area contributed by atoms with Crippen molar-refractivity contribution in [2.24, 2.45) is 0 Å². The van der Waals surface area contributed by atoms with Gasteiger partial charge >= 0.3 is 0 Å². The number of para-hydroxylation sites is 1. The molecule has 0 aliphatic heterocycles. The van der Waals surface area contributed by atoms with E-state index in [0.29, 0.717) is 12.4 Å². The van der Waals surface area contributed by atoms with E-state index in [0.717, 1.165) is 22.3 Å². The summed E-state index contributed by atoms with van der Waals surface area (Å²) in [4.78, 5) is 4.56. The van der Waals surface area contributed by atoms with E-state index in [2.05, 4.69) is 10.3 Å². The van der Waals surface area contributed by atoms with Gasteiger partial charge < -0.3 is 10.1 Å². The van der Waals surface area contributed by atoms with Gasteiger partial charge in [-0.05, 0) is 24.3 Å². The van der Waals surface area contributed by atoms with E-state index >= 15 is 0 Å². The molecule has 0 saturated heterocycles. The predicted molar refractivity (Wildman–Crippen MR) is 82.0 cm³/mol. The monoisotopic (exact) mass is 282 g/mol. The van der Waals surface area contributed by atoms with Gasteiger partial charge in [0.2, 0.25) is 0 Å². The van der Waals surface area contributed by atoms with Gasteiger partial charge in [0, 0.05) is 24.1 Å². The Balaban J connectivity index is 1.88. The normalized spacial score (nSPS) is 10.6. The molecule has 0 bridgehead atoms. The zero-order chi connectivity index (χ0) is 14.7. The quantitative estimate of drug-likeness (QED) is 0.785. The number of rotatable bonds is 4. The van der Waals surface area contributed by atoms with Crippen molar-refractivity contribution in [2.45, 2.75) is 6.61 Å². The third kappa shape index (κ3) is 2.94. The van der Waals surface area contributed by atoms with Crippen LogP contribution in [0.2, 0.25) is 0 Å². The van der Waals surface area contributed by atoms with E-state index in [1.807, 2.05) is 37.4 Å². The molecule has 0 unspecified atom stereocenters. The fourth-order valence-electron chi connectivity index (χ4n) is 2.20. The van der Waals surface area contributed by atoms with Crippen molar-refractivity contribution in [1.82, 2.24) is 4.98 Å². The molecule has 1 heterocycles. The highest BCUT2D eigenvalue weighted by Gasteiger charge is 2.07. The Labute approximate surface area is 122 Å². The lowest BCUT2D eigenvalue weighted by atomic mass is 10.1. The van der Waals surface area contributed by atoms with Crippen molar-refractivity contribution >= 4 is 16.7 Å². The van der Waals surface area contributed by atoms with Gasteiger partial charge in [0.1, 0.15) is 24.0 Å². The Morgan fingerprint density at radius 1 is 1.10 bits per heavy atom. The van der Waals surface area contributed by atoms with E-state index in [1.165, 1.54) is 12.1 Å². The Morgan fingerprint density at radius 3 is 2.76 bits per heavy atom. The molecule has 3 rings (SSSR count). The van der Waals surface area contributed by atoms with E-state index < -0.39 is 0 Å². The standard InChI is InChI=1S/C17H15FN2O/c1-19-17-13(9-12-5-2-3-8-16(12)20-17)11-21-15-7-4-6-14(18)10-15/h2-10H,11H2,1H3,(H,19,20). The summed E-state index contributed by atoms with van der Waals surface area (Å²) in [7, 11) is 1.82. The molecular weight excluding hydrogens is 267 g/mol. The Bertz CT molecular complexity index is 774. The van der Waals surface area contributed by atoms with E-state index in [1.54, 1.807) is 12.1 Å². The first-order valence-electron chi connectivity index (χ1n) is 6.71. The fourth-order valence-corrected chi connectivity index (χ4v) is 2.20. The van der Waals surface area contributed by atoms with Crippen molar-refractivity contribution in [3.63, 3.8) is 0 Å². The SMILES string of the molecule is CNc1nc2ccccc2cc1COc1cccc(F)c1. The highest BCUT2D eigenvalue weighted by atomic mass is 19.1. The molecule has 1 aromatic heterocycles. The lowest BCUT2D eigenvalue weighted by molar-refractivity contribution is 0.305. The molecule has 0 saturated carbocycles. The summed E-state index contributed by atoms with van der Waals surface area (Å²) >= 11 is 0. The molecule has 0 amide bonds. The van der Waals surface area contributed by atoms with Gasteiger partial charge in [-0.15, -0.1) is 0 Å². The van der Waals surface area contributed by atoms with Crippen molar-refractivity contribution in [2.75, 3.05) is 12.4 Å². The molecule has 0 atom stereocenters. The number of anilines is 1. The molecule has 3 nitrogen and oxygen atoms in total. The molecule has 0 aliphatic carbocycles. The summed E-state index contributed by atoms with van der Waals surface area (Å²) in [6.07, 6.45) is 0. The zero-order valence-electron chi connectivity index (χ0n) is 11.6. The minimum absolute atomic E-state index is 0.307. The number of fused-ring (bicyclic) bond motifs is 1. The van der Waals surface area contributed by atoms with Crippen molar-refractivity contribution in [3.05, 3.63) is 66.0 Å². The minimum Gasteiger partial charge on any atom is -0.489 e. The number of pyridine rings is 1. The van der Waals surface area contributed by atoms with Crippen LogP contribution in [0.25, 0.3) is 10.9 Å². The van der Waals surface area contributed by atoms with E-state index in [4.69, 9.17) is 4.74 Å². The third-order valence-corrected chi connectivity index (χ3v) is 3.23. The lowest BCUT2D eigenvalue weighted by Gasteiger charge is -2.11. The second-order valence-electron chi connectivity index (χ2n) is 4.68. The number of halogens is 1. The van der Waals surface area contributed by atoms with Crippen LogP contribution < -0.4 is 10.1 Å². The largest absolute Gasteiger partial charge is 0.489 e. The summed E-state index contributed by atoms with van der Waals surface area (Å²) in [6.45, 7) is 0.331. The van der Waals surface area contributed by atoms with Gasteiger partial charge in [0.25, 0.3) is 0 Å². The van der Waals surface area contributed by atoms with Gasteiger partial charge in [-0.1, -0.05) is 24.3 Å². The molecule has 1 N–H and O–H groups in total. The highest BCUT2D eigenvalue weighted by Crippen LogP contribution is 2.22. The first-order valence-corrected chi connectivity index (χ1v) is 6.71. The van der Waals surface area contributed by atoms with Crippen LogP contribution in [0.1, 0.15) is 5.56 Å². The maximum atomic E-state index is 13.1. The minimum atomic E-state index is -0.307. The number of nitrogens with one attached hydrogen (secondary N) is 1. The van der Waals surface area contributed by atoms with Crippen LogP contribution in [0, 0.1) is 5.82 Å². The molecule has 0 radical (unpaired) electrons. The first-order chi connectivity index (χ1) is 10.3. The van der Waals surface area contributed by atoms with Crippen LogP contribution in [0.4, 0.5) is 10.2 Å². The molecule has 0 spiro atoms. The Morgan fingerprint density at radius 2 is 1.95 bits per heavy atom. The highest BCUT2D eigenvalue weighted by molar-refractivity contribution is 5.81. The number of hydrogen-bond acceptors (Lipinski definition) is 3. The zero-order valence-corrected chi connectivity index (χ0v) is 11.6. The van der Waals surface area contributed by atoms with Gasteiger partial charge in [-0.2, -0.15) is 0 Å². The lowest BCUT2D eigenvalue weighted by Crippen LogP contribution is -2.03. The molecule has 0 fully saturated rings. The summed E-state index contributed by atoms with van der Waals surface area (Å²) in [5, 5.41) is 4.12. The van der Waals surface area contributed by atoms with Crippen LogP contribution in [0.3, 0.4) is 0 Å². The summed E-state index contributed by atoms with van der Waals surface area (Å²) in [5.74, 6) is 0.966. The predicted octanol–water partition coefficient (Wildman–Crippen LogP) is 3.99. The Hall–Kier alpha value is -2.62. The molecule has 0 aliphatic rings. The van der Waals surface area contributed by atoms with Crippen molar-refractivity contribution in [3.8, 4) is 5.75 Å². The number of aromatic nitrogens is 1. The summed E-state index contributed by atoms with van der Waals surface area (Å²) in [6, 6.07) is 16.1. The summed E-state index contributed by atoms with van der Waals surface area (Å²) in [5.41, 5.74) is 1.86. The third-order valence-electron chi connectivity index (χ3n) is 3.23.